The lowest BCUT2D eigenvalue weighted by Gasteiger charge is -2.29. The van der Waals surface area contributed by atoms with E-state index in [4.69, 9.17) is 0 Å². The number of carbonyl (C=O) groups excluding carboxylic acids is 1. The lowest BCUT2D eigenvalue weighted by Crippen LogP contribution is -2.42. The molecule has 5 nitrogen and oxygen atoms in total. The molecule has 1 aliphatic heterocycles. The van der Waals surface area contributed by atoms with Crippen LogP contribution in [0.5, 0.6) is 0 Å². The van der Waals surface area contributed by atoms with Crippen LogP contribution in [0.15, 0.2) is 0 Å². The molecule has 21 heavy (non-hydrogen) atoms. The summed E-state index contributed by atoms with van der Waals surface area (Å²) in [5.74, 6) is 0.393. The molecule has 0 N–H and O–H groups in total. The maximum atomic E-state index is 12.6. The van der Waals surface area contributed by atoms with Crippen molar-refractivity contribution in [1.29, 1.82) is 0 Å². The Kier molecular flexibility index (Phi) is 3.81. The van der Waals surface area contributed by atoms with Gasteiger partial charge in [-0.3, -0.25) is 4.79 Å². The zero-order valence-electron chi connectivity index (χ0n) is 12.3. The lowest BCUT2D eigenvalue weighted by molar-refractivity contribution is -0.136. The highest BCUT2D eigenvalue weighted by molar-refractivity contribution is 7.91. The highest BCUT2D eigenvalue weighted by Crippen LogP contribution is 2.31. The second kappa shape index (κ2) is 5.35. The Bertz CT molecular complexity index is 666. The molecule has 1 fully saturated rings. The second-order valence-electron chi connectivity index (χ2n) is 6.05. The van der Waals surface area contributed by atoms with Crippen LogP contribution in [0.25, 0.3) is 0 Å². The van der Waals surface area contributed by atoms with Crippen molar-refractivity contribution in [2.24, 2.45) is 5.92 Å². The van der Waals surface area contributed by atoms with Crippen LogP contribution < -0.4 is 0 Å². The Morgan fingerprint density at radius 1 is 1.38 bits per heavy atom. The molecule has 1 aliphatic carbocycles. The largest absolute Gasteiger partial charge is 0.341 e. The van der Waals surface area contributed by atoms with Gasteiger partial charge in [-0.2, -0.15) is 0 Å². The predicted octanol–water partition coefficient (Wildman–Crippen LogP) is 1.20. The summed E-state index contributed by atoms with van der Waals surface area (Å²) in [4.78, 5) is 20.0. The average molecular weight is 328 g/mol. The molecule has 2 aliphatic rings. The van der Waals surface area contributed by atoms with Crippen molar-refractivity contribution in [3.05, 3.63) is 15.6 Å². The van der Waals surface area contributed by atoms with Gasteiger partial charge in [-0.15, -0.1) is 11.3 Å². The standard InChI is InChI=1S/C14H20N2O3S2/c1-9-15-12-4-3-10(7-13(12)20-9)14(17)16(2)11-5-6-21(18,19)8-11/h10-11H,3-8H2,1-2H3. The minimum Gasteiger partial charge on any atom is -0.341 e. The van der Waals surface area contributed by atoms with Crippen LogP contribution in [0, 0.1) is 12.8 Å². The van der Waals surface area contributed by atoms with Crippen LogP contribution in [0.1, 0.15) is 28.4 Å². The van der Waals surface area contributed by atoms with Gasteiger partial charge in [0.1, 0.15) is 0 Å². The van der Waals surface area contributed by atoms with Gasteiger partial charge in [-0.25, -0.2) is 13.4 Å². The maximum absolute atomic E-state index is 12.6. The zero-order valence-corrected chi connectivity index (χ0v) is 14.0. The van der Waals surface area contributed by atoms with Crippen molar-refractivity contribution in [1.82, 2.24) is 9.88 Å². The summed E-state index contributed by atoms with van der Waals surface area (Å²) in [6, 6.07) is -0.146. The fraction of sp³-hybridized carbons (Fsp3) is 0.714. The normalized spacial score (nSPS) is 27.3. The molecular formula is C14H20N2O3S2. The van der Waals surface area contributed by atoms with Gasteiger partial charge >= 0.3 is 0 Å². The Balaban J connectivity index is 1.69. The third-order valence-corrected chi connectivity index (χ3v) is 7.29. The Labute approximate surface area is 129 Å². The number of hydrogen-bond donors (Lipinski definition) is 0. The molecule has 0 aromatic carbocycles. The first kappa shape index (κ1) is 15.0. The second-order valence-corrected chi connectivity index (χ2v) is 9.56. The number of amides is 1. The van der Waals surface area contributed by atoms with E-state index in [0.717, 1.165) is 30.0 Å². The monoisotopic (exact) mass is 328 g/mol. The summed E-state index contributed by atoms with van der Waals surface area (Å²) < 4.78 is 23.1. The van der Waals surface area contributed by atoms with Crippen molar-refractivity contribution in [3.8, 4) is 0 Å². The quantitative estimate of drug-likeness (QED) is 0.818. The number of nitrogens with zero attached hydrogens (tertiary/aromatic N) is 2. The predicted molar refractivity (Wildman–Crippen MR) is 82.2 cm³/mol. The van der Waals surface area contributed by atoms with Crippen molar-refractivity contribution >= 4 is 27.1 Å². The van der Waals surface area contributed by atoms with Gasteiger partial charge in [0, 0.05) is 23.9 Å². The minimum atomic E-state index is -2.95. The van der Waals surface area contributed by atoms with Gasteiger partial charge in [0.2, 0.25) is 5.91 Å². The summed E-state index contributed by atoms with van der Waals surface area (Å²) in [6.45, 7) is 2.00. The molecule has 7 heteroatoms. The van der Waals surface area contributed by atoms with Crippen LogP contribution in [-0.2, 0) is 27.5 Å². The van der Waals surface area contributed by atoms with E-state index in [0.29, 0.717) is 6.42 Å². The molecule has 2 unspecified atom stereocenters. The number of carbonyl (C=O) groups is 1. The highest BCUT2D eigenvalue weighted by atomic mass is 32.2. The first-order valence-electron chi connectivity index (χ1n) is 7.28. The first-order chi connectivity index (χ1) is 9.85. The van der Waals surface area contributed by atoms with E-state index in [1.54, 1.807) is 23.3 Å². The average Bonchev–Trinajstić information content (AvgIpc) is 2.97. The molecule has 1 saturated heterocycles. The van der Waals surface area contributed by atoms with Gasteiger partial charge < -0.3 is 4.90 Å². The molecule has 3 rings (SSSR count). The van der Waals surface area contributed by atoms with Crippen LogP contribution in [0.4, 0.5) is 0 Å². The molecule has 1 amide bonds. The van der Waals surface area contributed by atoms with E-state index in [9.17, 15) is 13.2 Å². The van der Waals surface area contributed by atoms with E-state index < -0.39 is 9.84 Å². The SMILES string of the molecule is Cc1nc2c(s1)CC(C(=O)N(C)C1CCS(=O)(=O)C1)CC2. The van der Waals surface area contributed by atoms with Gasteiger partial charge in [-0.1, -0.05) is 0 Å². The Morgan fingerprint density at radius 2 is 2.14 bits per heavy atom. The molecule has 0 radical (unpaired) electrons. The topological polar surface area (TPSA) is 67.3 Å². The number of hydrogen-bond acceptors (Lipinski definition) is 5. The number of thiazole rings is 1. The van der Waals surface area contributed by atoms with Gasteiger partial charge in [0.05, 0.1) is 22.2 Å². The molecule has 116 valence electrons. The van der Waals surface area contributed by atoms with E-state index in [-0.39, 0.29) is 29.4 Å². The molecular weight excluding hydrogens is 308 g/mol. The van der Waals surface area contributed by atoms with E-state index in [1.807, 2.05) is 6.92 Å². The van der Waals surface area contributed by atoms with Crippen LogP contribution in [-0.4, -0.2) is 48.8 Å². The van der Waals surface area contributed by atoms with Crippen LogP contribution in [0.3, 0.4) is 0 Å². The molecule has 0 spiro atoms. The van der Waals surface area contributed by atoms with Gasteiger partial charge in [-0.05, 0) is 32.6 Å². The third-order valence-electron chi connectivity index (χ3n) is 4.50. The van der Waals surface area contributed by atoms with E-state index in [2.05, 4.69) is 4.98 Å². The highest BCUT2D eigenvalue weighted by Gasteiger charge is 2.36. The molecule has 1 aromatic rings. The number of sulfone groups is 1. The third kappa shape index (κ3) is 2.99. The van der Waals surface area contributed by atoms with E-state index in [1.165, 1.54) is 4.88 Å². The van der Waals surface area contributed by atoms with Gasteiger partial charge in [0.15, 0.2) is 9.84 Å². The Hall–Kier alpha value is -0.950. The number of rotatable bonds is 2. The summed E-state index contributed by atoms with van der Waals surface area (Å²) in [5.41, 5.74) is 1.15. The maximum Gasteiger partial charge on any atom is 0.226 e. The zero-order chi connectivity index (χ0) is 15.2. The van der Waals surface area contributed by atoms with Crippen LogP contribution >= 0.6 is 11.3 Å². The van der Waals surface area contributed by atoms with Crippen LogP contribution in [0.2, 0.25) is 0 Å². The molecule has 1 aromatic heterocycles. The summed E-state index contributed by atoms with van der Waals surface area (Å²) in [7, 11) is -1.20. The fourth-order valence-corrected chi connectivity index (χ4v) is 6.10. The van der Waals surface area contributed by atoms with Gasteiger partial charge in [0.25, 0.3) is 0 Å². The summed E-state index contributed by atoms with van der Waals surface area (Å²) in [5, 5.41) is 1.06. The molecule has 2 atom stereocenters. The number of aryl methyl sites for hydroxylation is 2. The fourth-order valence-electron chi connectivity index (χ4n) is 3.26. The summed E-state index contributed by atoms with van der Waals surface area (Å²) in [6.07, 6.45) is 3.00. The summed E-state index contributed by atoms with van der Waals surface area (Å²) >= 11 is 1.68. The lowest BCUT2D eigenvalue weighted by atomic mass is 9.89. The minimum absolute atomic E-state index is 0.0225. The molecule has 0 bridgehead atoms. The smallest absolute Gasteiger partial charge is 0.226 e. The van der Waals surface area contributed by atoms with Crippen molar-refractivity contribution in [2.45, 2.75) is 38.6 Å². The van der Waals surface area contributed by atoms with Crippen molar-refractivity contribution < 1.29 is 13.2 Å². The molecule has 2 heterocycles. The first-order valence-corrected chi connectivity index (χ1v) is 9.92. The number of aromatic nitrogens is 1. The van der Waals surface area contributed by atoms with Crippen molar-refractivity contribution in [2.75, 3.05) is 18.6 Å². The van der Waals surface area contributed by atoms with E-state index >= 15 is 0 Å². The Morgan fingerprint density at radius 3 is 2.81 bits per heavy atom. The van der Waals surface area contributed by atoms with Crippen molar-refractivity contribution in [3.63, 3.8) is 0 Å². The molecule has 0 saturated carbocycles. The number of fused-ring (bicyclic) bond motifs is 1.